The van der Waals surface area contributed by atoms with E-state index in [0.29, 0.717) is 5.92 Å². The second kappa shape index (κ2) is 8.67. The summed E-state index contributed by atoms with van der Waals surface area (Å²) >= 11 is 0. The number of carbonyl (C=O) groups excluding carboxylic acids is 2. The lowest BCUT2D eigenvalue weighted by Gasteiger charge is -2.21. The van der Waals surface area contributed by atoms with Gasteiger partial charge in [0.05, 0.1) is 13.1 Å². The van der Waals surface area contributed by atoms with Crippen molar-refractivity contribution in [1.29, 1.82) is 0 Å². The Labute approximate surface area is 139 Å². The van der Waals surface area contributed by atoms with Gasteiger partial charge < -0.3 is 15.5 Å². The second-order valence-corrected chi connectivity index (χ2v) is 6.48. The minimum absolute atomic E-state index is 0.0460. The number of anilines is 1. The summed E-state index contributed by atoms with van der Waals surface area (Å²) in [5.41, 5.74) is 2.85. The first-order chi connectivity index (χ1) is 10.7. The van der Waals surface area contributed by atoms with E-state index in [1.54, 1.807) is 7.05 Å². The zero-order valence-corrected chi connectivity index (χ0v) is 15.1. The largest absolute Gasteiger partial charge is 0.335 e. The van der Waals surface area contributed by atoms with Crippen LogP contribution in [0.15, 0.2) is 18.2 Å². The lowest BCUT2D eigenvalue weighted by Crippen LogP contribution is -2.43. The summed E-state index contributed by atoms with van der Waals surface area (Å²) in [5, 5.41) is 6.08. The number of carbonyl (C=O) groups is 2. The fourth-order valence-corrected chi connectivity index (χ4v) is 2.11. The van der Waals surface area contributed by atoms with Gasteiger partial charge in [0.25, 0.3) is 0 Å². The Hall–Kier alpha value is -1.88. The molecule has 0 saturated heterocycles. The van der Waals surface area contributed by atoms with Crippen LogP contribution in [0.3, 0.4) is 0 Å². The molecule has 1 rings (SSSR count). The first kappa shape index (κ1) is 19.2. The van der Waals surface area contributed by atoms with E-state index >= 15 is 0 Å². The van der Waals surface area contributed by atoms with Crippen molar-refractivity contribution in [2.24, 2.45) is 5.92 Å². The molecule has 5 nitrogen and oxygen atoms in total. The Kier molecular flexibility index (Phi) is 7.23. The van der Waals surface area contributed by atoms with Crippen molar-refractivity contribution in [3.05, 3.63) is 29.3 Å². The highest BCUT2D eigenvalue weighted by atomic mass is 16.2. The first-order valence-corrected chi connectivity index (χ1v) is 8.05. The third-order valence-corrected chi connectivity index (χ3v) is 4.13. The monoisotopic (exact) mass is 319 g/mol. The van der Waals surface area contributed by atoms with Crippen LogP contribution in [0, 0.1) is 19.8 Å². The summed E-state index contributed by atoms with van der Waals surface area (Å²) in [6.45, 7) is 10.4. The fraction of sp³-hybridized carbons (Fsp3) is 0.556. The van der Waals surface area contributed by atoms with Crippen molar-refractivity contribution in [3.63, 3.8) is 0 Å². The van der Waals surface area contributed by atoms with Crippen molar-refractivity contribution in [1.82, 2.24) is 10.2 Å². The molecule has 2 amide bonds. The van der Waals surface area contributed by atoms with Gasteiger partial charge in [0.15, 0.2) is 0 Å². The third kappa shape index (κ3) is 6.02. The number of hydrogen-bond donors (Lipinski definition) is 2. The van der Waals surface area contributed by atoms with Crippen molar-refractivity contribution in [2.75, 3.05) is 25.5 Å². The normalized spacial score (nSPS) is 12.1. The molecule has 0 saturated carbocycles. The lowest BCUT2D eigenvalue weighted by molar-refractivity contribution is -0.132. The molecule has 23 heavy (non-hydrogen) atoms. The highest BCUT2D eigenvalue weighted by Gasteiger charge is 2.15. The molecule has 0 aliphatic heterocycles. The minimum Gasteiger partial charge on any atom is -0.335 e. The van der Waals surface area contributed by atoms with Gasteiger partial charge in [0.1, 0.15) is 0 Å². The number of aryl methyl sites for hydroxylation is 2. The Bertz CT molecular complexity index is 535. The predicted molar refractivity (Wildman–Crippen MR) is 94.5 cm³/mol. The minimum atomic E-state index is -0.185. The SMILES string of the molecule is Cc1cccc(C)c1NC(=O)CN(C)C(=O)CN[C@H](C)C(C)C. The molecule has 0 radical (unpaired) electrons. The number of nitrogens with one attached hydrogen (secondary N) is 2. The zero-order chi connectivity index (χ0) is 17.6. The van der Waals surface area contributed by atoms with Crippen molar-refractivity contribution >= 4 is 17.5 Å². The van der Waals surface area contributed by atoms with E-state index in [9.17, 15) is 9.59 Å². The number of rotatable bonds is 7. The van der Waals surface area contributed by atoms with Crippen LogP contribution >= 0.6 is 0 Å². The maximum Gasteiger partial charge on any atom is 0.243 e. The Morgan fingerprint density at radius 3 is 2.22 bits per heavy atom. The molecule has 1 atom stereocenters. The standard InChI is InChI=1S/C18H29N3O2/c1-12(2)15(5)19-10-17(23)21(6)11-16(22)20-18-13(3)8-7-9-14(18)4/h7-9,12,15,19H,10-11H2,1-6H3,(H,20,22)/t15-/m1/s1. The average Bonchev–Trinajstić information content (AvgIpc) is 2.48. The maximum absolute atomic E-state index is 12.2. The molecule has 0 heterocycles. The number of hydrogen-bond acceptors (Lipinski definition) is 3. The fourth-order valence-electron chi connectivity index (χ4n) is 2.11. The number of amides is 2. The molecule has 0 aromatic heterocycles. The highest BCUT2D eigenvalue weighted by molar-refractivity contribution is 5.95. The topological polar surface area (TPSA) is 61.4 Å². The molecule has 1 aromatic carbocycles. The molecule has 2 N–H and O–H groups in total. The summed E-state index contributed by atoms with van der Waals surface area (Å²) in [4.78, 5) is 25.7. The molecule has 0 spiro atoms. The van der Waals surface area contributed by atoms with E-state index in [0.717, 1.165) is 16.8 Å². The summed E-state index contributed by atoms with van der Waals surface area (Å²) in [6.07, 6.45) is 0. The van der Waals surface area contributed by atoms with Gasteiger partial charge in [-0.05, 0) is 37.8 Å². The van der Waals surface area contributed by atoms with Gasteiger partial charge in [-0.1, -0.05) is 32.0 Å². The predicted octanol–water partition coefficient (Wildman–Crippen LogP) is 2.33. The van der Waals surface area contributed by atoms with Crippen LogP contribution in [0.1, 0.15) is 31.9 Å². The molecule has 1 aromatic rings. The zero-order valence-electron chi connectivity index (χ0n) is 15.1. The van der Waals surface area contributed by atoms with Crippen LogP contribution in [0.5, 0.6) is 0 Å². The summed E-state index contributed by atoms with van der Waals surface area (Å²) in [5.74, 6) is 0.185. The molecular weight excluding hydrogens is 290 g/mol. The Morgan fingerprint density at radius 1 is 1.13 bits per heavy atom. The highest BCUT2D eigenvalue weighted by Crippen LogP contribution is 2.19. The van der Waals surface area contributed by atoms with Gasteiger partial charge in [-0.2, -0.15) is 0 Å². The van der Waals surface area contributed by atoms with E-state index in [1.807, 2.05) is 39.0 Å². The molecule has 0 bridgehead atoms. The summed E-state index contributed by atoms with van der Waals surface area (Å²) < 4.78 is 0. The average molecular weight is 319 g/mol. The summed E-state index contributed by atoms with van der Waals surface area (Å²) in [6, 6.07) is 6.12. The molecule has 0 fully saturated rings. The van der Waals surface area contributed by atoms with Gasteiger partial charge in [-0.3, -0.25) is 9.59 Å². The quantitative estimate of drug-likeness (QED) is 0.811. The van der Waals surface area contributed by atoms with E-state index in [4.69, 9.17) is 0 Å². The van der Waals surface area contributed by atoms with Crippen molar-refractivity contribution < 1.29 is 9.59 Å². The molecule has 0 unspecified atom stereocenters. The molecular formula is C18H29N3O2. The van der Waals surface area contributed by atoms with Gasteiger partial charge in [-0.25, -0.2) is 0 Å². The summed E-state index contributed by atoms with van der Waals surface area (Å²) in [7, 11) is 1.65. The third-order valence-electron chi connectivity index (χ3n) is 4.13. The Balaban J connectivity index is 2.52. The lowest BCUT2D eigenvalue weighted by atomic mass is 10.1. The van der Waals surface area contributed by atoms with Crippen LogP contribution < -0.4 is 10.6 Å². The van der Waals surface area contributed by atoms with Crippen LogP contribution in [0.2, 0.25) is 0 Å². The van der Waals surface area contributed by atoms with Crippen LogP contribution in [0.25, 0.3) is 0 Å². The maximum atomic E-state index is 12.2. The molecule has 128 valence electrons. The van der Waals surface area contributed by atoms with Crippen LogP contribution in [-0.2, 0) is 9.59 Å². The van der Waals surface area contributed by atoms with Crippen molar-refractivity contribution in [3.8, 4) is 0 Å². The van der Waals surface area contributed by atoms with Gasteiger partial charge in [-0.15, -0.1) is 0 Å². The van der Waals surface area contributed by atoms with Gasteiger partial charge >= 0.3 is 0 Å². The van der Waals surface area contributed by atoms with E-state index in [1.165, 1.54) is 4.90 Å². The van der Waals surface area contributed by atoms with Crippen LogP contribution in [-0.4, -0.2) is 42.9 Å². The number of benzene rings is 1. The molecule has 0 aliphatic carbocycles. The molecule has 0 aliphatic rings. The van der Waals surface area contributed by atoms with E-state index in [-0.39, 0.29) is 30.9 Å². The van der Waals surface area contributed by atoms with E-state index in [2.05, 4.69) is 24.5 Å². The van der Waals surface area contributed by atoms with Gasteiger partial charge in [0, 0.05) is 18.8 Å². The van der Waals surface area contributed by atoms with Crippen LogP contribution in [0.4, 0.5) is 5.69 Å². The number of para-hydroxylation sites is 1. The first-order valence-electron chi connectivity index (χ1n) is 8.05. The van der Waals surface area contributed by atoms with Gasteiger partial charge in [0.2, 0.25) is 11.8 Å². The number of nitrogens with zero attached hydrogens (tertiary/aromatic N) is 1. The smallest absolute Gasteiger partial charge is 0.243 e. The number of likely N-dealkylation sites (N-methyl/N-ethyl adjacent to an activating group) is 1. The van der Waals surface area contributed by atoms with Crippen molar-refractivity contribution in [2.45, 2.75) is 40.7 Å². The second-order valence-electron chi connectivity index (χ2n) is 6.48. The Morgan fingerprint density at radius 2 is 1.70 bits per heavy atom. The molecule has 5 heteroatoms. The van der Waals surface area contributed by atoms with E-state index < -0.39 is 0 Å².